The number of nitrogens with one attached hydrogen (secondary N) is 2. The molecular weight excluding hydrogens is 426 g/mol. The Hall–Kier alpha value is -2.79. The molecule has 2 atom stereocenters. The molecule has 3 aromatic heterocycles. The molecule has 0 spiro atoms. The number of methoxy groups -OCH3 is 1. The normalized spacial score (nSPS) is 17.6. The number of aliphatic hydroxyl groups is 1. The molecule has 0 radical (unpaired) electrons. The molecule has 3 aromatic rings. The lowest BCUT2D eigenvalue weighted by Crippen LogP contribution is -2.33. The minimum Gasteiger partial charge on any atom is -0.481 e. The van der Waals surface area contributed by atoms with Crippen molar-refractivity contribution in [2.75, 3.05) is 44.9 Å². The van der Waals surface area contributed by atoms with Gasteiger partial charge in [-0.3, -0.25) is 4.90 Å². The largest absolute Gasteiger partial charge is 0.481 e. The van der Waals surface area contributed by atoms with Gasteiger partial charge in [-0.25, -0.2) is 15.0 Å². The number of rotatable bonds is 9. The Kier molecular flexibility index (Phi) is 6.85. The van der Waals surface area contributed by atoms with Gasteiger partial charge in [-0.05, 0) is 50.4 Å². The molecular formula is C22H29N7O2S. The number of thiazole rings is 1. The molecule has 4 rings (SSSR count). The second-order valence-electron chi connectivity index (χ2n) is 8.08. The third kappa shape index (κ3) is 5.33. The number of aliphatic hydroxyl groups excluding tert-OH is 1. The van der Waals surface area contributed by atoms with Crippen molar-refractivity contribution in [2.45, 2.75) is 25.2 Å². The summed E-state index contributed by atoms with van der Waals surface area (Å²) in [6, 6.07) is 8.02. The van der Waals surface area contributed by atoms with Gasteiger partial charge >= 0.3 is 0 Å². The highest BCUT2D eigenvalue weighted by Crippen LogP contribution is 2.29. The zero-order chi connectivity index (χ0) is 22.7. The predicted molar refractivity (Wildman–Crippen MR) is 129 cm³/mol. The smallest absolute Gasteiger partial charge is 0.214 e. The standard InChI is InChI=1S/C22H29N7O2S/c1-5-20(30)29-9-8-15(13-29)23-17-10-14(12-28(2)3)11-18(25-17)26-22-24-16-6-7-19(31-4)27-21(16)32-22/h5-7,10-11,15,20,30H,1,8-9,12-13H2,2-4H3,(H2,23,24,25,26). The average Bonchev–Trinajstić information content (AvgIpc) is 3.38. The van der Waals surface area contributed by atoms with Gasteiger partial charge in [-0.1, -0.05) is 17.9 Å². The third-order valence-electron chi connectivity index (χ3n) is 5.21. The molecule has 1 aliphatic heterocycles. The molecule has 2 unspecified atom stereocenters. The number of pyridine rings is 2. The van der Waals surface area contributed by atoms with Crippen LogP contribution in [0.4, 0.5) is 16.8 Å². The molecule has 0 saturated carbocycles. The minimum absolute atomic E-state index is 0.207. The van der Waals surface area contributed by atoms with E-state index in [1.54, 1.807) is 19.3 Å². The SMILES string of the molecule is C=CC(O)N1CCC(Nc2cc(CN(C)C)cc(Nc3nc4ccc(OC)nc4s3)n2)C1. The van der Waals surface area contributed by atoms with Crippen LogP contribution in [0.3, 0.4) is 0 Å². The van der Waals surface area contributed by atoms with E-state index in [0.717, 1.165) is 58.7 Å². The zero-order valence-corrected chi connectivity index (χ0v) is 19.4. The Balaban J connectivity index is 1.54. The molecule has 3 N–H and O–H groups in total. The molecule has 1 fully saturated rings. The Morgan fingerprint density at radius 2 is 2.12 bits per heavy atom. The van der Waals surface area contributed by atoms with E-state index in [9.17, 15) is 5.11 Å². The van der Waals surface area contributed by atoms with Gasteiger partial charge in [0.25, 0.3) is 0 Å². The number of aromatic nitrogens is 3. The molecule has 1 saturated heterocycles. The first-order chi connectivity index (χ1) is 15.4. The highest BCUT2D eigenvalue weighted by Gasteiger charge is 2.26. The molecule has 9 nitrogen and oxygen atoms in total. The van der Waals surface area contributed by atoms with E-state index in [1.165, 1.54) is 11.3 Å². The van der Waals surface area contributed by atoms with Crippen LogP contribution in [0.5, 0.6) is 5.88 Å². The number of likely N-dealkylation sites (tertiary alicyclic amines) is 1. The maximum Gasteiger partial charge on any atom is 0.214 e. The van der Waals surface area contributed by atoms with Crippen molar-refractivity contribution in [3.63, 3.8) is 0 Å². The van der Waals surface area contributed by atoms with Crippen LogP contribution in [0, 0.1) is 0 Å². The van der Waals surface area contributed by atoms with Crippen molar-refractivity contribution in [1.82, 2.24) is 24.8 Å². The fraction of sp³-hybridized carbons (Fsp3) is 0.409. The van der Waals surface area contributed by atoms with Crippen LogP contribution in [0.1, 0.15) is 12.0 Å². The zero-order valence-electron chi connectivity index (χ0n) is 18.6. The Morgan fingerprint density at radius 3 is 2.88 bits per heavy atom. The summed E-state index contributed by atoms with van der Waals surface area (Å²) in [4.78, 5) is 18.8. The van der Waals surface area contributed by atoms with Gasteiger partial charge in [-0.15, -0.1) is 0 Å². The van der Waals surface area contributed by atoms with Crippen molar-refractivity contribution in [2.24, 2.45) is 0 Å². The van der Waals surface area contributed by atoms with E-state index < -0.39 is 6.23 Å². The number of anilines is 3. The number of nitrogens with zero attached hydrogens (tertiary/aromatic N) is 5. The fourth-order valence-electron chi connectivity index (χ4n) is 3.76. The summed E-state index contributed by atoms with van der Waals surface area (Å²) >= 11 is 1.46. The number of ether oxygens (including phenoxy) is 1. The lowest BCUT2D eigenvalue weighted by molar-refractivity contribution is 0.0610. The molecule has 4 heterocycles. The first-order valence-corrected chi connectivity index (χ1v) is 11.3. The molecule has 0 aromatic carbocycles. The highest BCUT2D eigenvalue weighted by molar-refractivity contribution is 7.21. The van der Waals surface area contributed by atoms with Crippen LogP contribution in [0.2, 0.25) is 0 Å². The Morgan fingerprint density at radius 1 is 1.31 bits per heavy atom. The summed E-state index contributed by atoms with van der Waals surface area (Å²) in [5, 5.41) is 17.6. The van der Waals surface area contributed by atoms with E-state index in [2.05, 4.69) is 38.1 Å². The molecule has 0 bridgehead atoms. The molecule has 0 aliphatic carbocycles. The topological polar surface area (TPSA) is 98.7 Å². The Bertz CT molecular complexity index is 1090. The molecule has 32 heavy (non-hydrogen) atoms. The van der Waals surface area contributed by atoms with Crippen molar-refractivity contribution in [3.8, 4) is 5.88 Å². The lowest BCUT2D eigenvalue weighted by atomic mass is 10.2. The van der Waals surface area contributed by atoms with Crippen molar-refractivity contribution >= 4 is 38.5 Å². The van der Waals surface area contributed by atoms with Crippen molar-refractivity contribution in [3.05, 3.63) is 42.5 Å². The number of hydrogen-bond acceptors (Lipinski definition) is 10. The number of fused-ring (bicyclic) bond motifs is 1. The Labute approximate surface area is 191 Å². The van der Waals surface area contributed by atoms with Gasteiger partial charge in [0, 0.05) is 31.7 Å². The van der Waals surface area contributed by atoms with Crippen LogP contribution in [0.25, 0.3) is 10.3 Å². The van der Waals surface area contributed by atoms with E-state index in [-0.39, 0.29) is 6.04 Å². The molecule has 1 aliphatic rings. The van der Waals surface area contributed by atoms with Gasteiger partial charge in [0.15, 0.2) is 5.13 Å². The van der Waals surface area contributed by atoms with Gasteiger partial charge in [0.05, 0.1) is 7.11 Å². The quantitative estimate of drug-likeness (QED) is 0.421. The van der Waals surface area contributed by atoms with E-state index in [1.807, 2.05) is 31.1 Å². The summed E-state index contributed by atoms with van der Waals surface area (Å²) in [5.74, 6) is 2.09. The highest BCUT2D eigenvalue weighted by atomic mass is 32.1. The van der Waals surface area contributed by atoms with Crippen molar-refractivity contribution in [1.29, 1.82) is 0 Å². The third-order valence-corrected chi connectivity index (χ3v) is 6.10. The fourth-order valence-corrected chi connectivity index (χ4v) is 4.60. The van der Waals surface area contributed by atoms with Crippen LogP contribution in [-0.4, -0.2) is 76.4 Å². The van der Waals surface area contributed by atoms with Crippen molar-refractivity contribution < 1.29 is 9.84 Å². The maximum atomic E-state index is 10.0. The first kappa shape index (κ1) is 22.4. The lowest BCUT2D eigenvalue weighted by Gasteiger charge is -2.20. The van der Waals surface area contributed by atoms with Crippen LogP contribution >= 0.6 is 11.3 Å². The minimum atomic E-state index is -0.613. The van der Waals surface area contributed by atoms with Gasteiger partial charge < -0.3 is 25.4 Å². The summed E-state index contributed by atoms with van der Waals surface area (Å²) < 4.78 is 5.21. The second kappa shape index (κ2) is 9.78. The molecule has 170 valence electrons. The molecule has 10 heteroatoms. The van der Waals surface area contributed by atoms with Gasteiger partial charge in [0.1, 0.15) is 28.2 Å². The van der Waals surface area contributed by atoms with E-state index >= 15 is 0 Å². The summed E-state index contributed by atoms with van der Waals surface area (Å²) in [5.41, 5.74) is 1.95. The molecule has 0 amide bonds. The summed E-state index contributed by atoms with van der Waals surface area (Å²) in [7, 11) is 5.68. The predicted octanol–water partition coefficient (Wildman–Crippen LogP) is 2.89. The van der Waals surface area contributed by atoms with E-state index in [0.29, 0.717) is 5.88 Å². The monoisotopic (exact) mass is 455 g/mol. The summed E-state index contributed by atoms with van der Waals surface area (Å²) in [6.07, 6.45) is 1.87. The first-order valence-electron chi connectivity index (χ1n) is 10.5. The van der Waals surface area contributed by atoms with Gasteiger partial charge in [-0.2, -0.15) is 0 Å². The summed E-state index contributed by atoms with van der Waals surface area (Å²) in [6.45, 7) is 6.02. The van der Waals surface area contributed by atoms with Crippen LogP contribution in [-0.2, 0) is 6.54 Å². The van der Waals surface area contributed by atoms with Gasteiger partial charge in [0.2, 0.25) is 5.88 Å². The average molecular weight is 456 g/mol. The second-order valence-corrected chi connectivity index (χ2v) is 9.06. The van der Waals surface area contributed by atoms with Crippen LogP contribution in [0.15, 0.2) is 36.9 Å². The number of hydrogen-bond donors (Lipinski definition) is 3. The van der Waals surface area contributed by atoms with E-state index in [4.69, 9.17) is 9.72 Å². The van der Waals surface area contributed by atoms with Crippen LogP contribution < -0.4 is 15.4 Å². The maximum absolute atomic E-state index is 10.0.